The summed E-state index contributed by atoms with van der Waals surface area (Å²) in [4.78, 5) is 30.3. The summed E-state index contributed by atoms with van der Waals surface area (Å²) in [5.41, 5.74) is 1.81. The van der Waals surface area contributed by atoms with Gasteiger partial charge in [-0.15, -0.1) is 11.3 Å². The van der Waals surface area contributed by atoms with E-state index in [9.17, 15) is 4.79 Å². The SMILES string of the molecule is O=C(NC1CCN(c2nccs2)CC1)c1ccc2[nH]cnc2n1. The van der Waals surface area contributed by atoms with Crippen LogP contribution in [0.4, 0.5) is 5.13 Å². The summed E-state index contributed by atoms with van der Waals surface area (Å²) in [5, 5.41) is 6.12. The molecule has 23 heavy (non-hydrogen) atoms. The summed E-state index contributed by atoms with van der Waals surface area (Å²) >= 11 is 1.65. The highest BCUT2D eigenvalue weighted by atomic mass is 32.1. The van der Waals surface area contributed by atoms with Gasteiger partial charge in [0.15, 0.2) is 10.8 Å². The van der Waals surface area contributed by atoms with E-state index < -0.39 is 0 Å². The Hall–Kier alpha value is -2.48. The van der Waals surface area contributed by atoms with E-state index in [0.717, 1.165) is 36.6 Å². The Morgan fingerprint density at radius 3 is 2.96 bits per heavy atom. The van der Waals surface area contributed by atoms with E-state index in [1.807, 2.05) is 17.6 Å². The molecule has 0 unspecified atom stereocenters. The first-order chi connectivity index (χ1) is 11.3. The van der Waals surface area contributed by atoms with Gasteiger partial charge in [-0.05, 0) is 25.0 Å². The number of imidazole rings is 1. The molecule has 3 aromatic heterocycles. The number of pyridine rings is 1. The van der Waals surface area contributed by atoms with E-state index in [1.165, 1.54) is 0 Å². The van der Waals surface area contributed by atoms with Crippen molar-refractivity contribution in [1.82, 2.24) is 25.3 Å². The lowest BCUT2D eigenvalue weighted by Gasteiger charge is -2.32. The maximum Gasteiger partial charge on any atom is 0.270 e. The zero-order chi connectivity index (χ0) is 15.6. The highest BCUT2D eigenvalue weighted by molar-refractivity contribution is 7.13. The molecule has 0 aliphatic carbocycles. The Bertz CT molecular complexity index is 806. The van der Waals surface area contributed by atoms with Gasteiger partial charge in [0.2, 0.25) is 0 Å². The van der Waals surface area contributed by atoms with Gasteiger partial charge in [-0.3, -0.25) is 4.79 Å². The number of aromatic amines is 1. The third-order valence-electron chi connectivity index (χ3n) is 4.03. The van der Waals surface area contributed by atoms with Crippen molar-refractivity contribution in [1.29, 1.82) is 0 Å². The fourth-order valence-electron chi connectivity index (χ4n) is 2.80. The number of thiazole rings is 1. The molecular formula is C15H16N6OS. The Kier molecular flexibility index (Phi) is 3.66. The molecule has 3 aromatic rings. The first-order valence-electron chi connectivity index (χ1n) is 7.55. The van der Waals surface area contributed by atoms with Crippen LogP contribution < -0.4 is 10.2 Å². The van der Waals surface area contributed by atoms with Crippen molar-refractivity contribution in [2.45, 2.75) is 18.9 Å². The van der Waals surface area contributed by atoms with E-state index >= 15 is 0 Å². The number of carbonyl (C=O) groups excluding carboxylic acids is 1. The van der Waals surface area contributed by atoms with Gasteiger partial charge in [-0.1, -0.05) is 0 Å². The summed E-state index contributed by atoms with van der Waals surface area (Å²) in [6.07, 6.45) is 5.23. The predicted molar refractivity (Wildman–Crippen MR) is 88.7 cm³/mol. The van der Waals surface area contributed by atoms with Crippen molar-refractivity contribution in [2.24, 2.45) is 0 Å². The van der Waals surface area contributed by atoms with Crippen molar-refractivity contribution in [3.63, 3.8) is 0 Å². The molecular weight excluding hydrogens is 312 g/mol. The molecule has 1 aliphatic rings. The molecule has 8 heteroatoms. The van der Waals surface area contributed by atoms with E-state index in [-0.39, 0.29) is 11.9 Å². The van der Waals surface area contributed by atoms with Crippen LogP contribution in [0.3, 0.4) is 0 Å². The van der Waals surface area contributed by atoms with Crippen LogP contribution in [0.15, 0.2) is 30.0 Å². The van der Waals surface area contributed by atoms with Crippen molar-refractivity contribution >= 4 is 33.5 Å². The number of nitrogens with zero attached hydrogens (tertiary/aromatic N) is 4. The lowest BCUT2D eigenvalue weighted by atomic mass is 10.1. The van der Waals surface area contributed by atoms with E-state index in [0.29, 0.717) is 11.3 Å². The maximum atomic E-state index is 12.4. The highest BCUT2D eigenvalue weighted by Crippen LogP contribution is 2.22. The number of carbonyl (C=O) groups is 1. The summed E-state index contributed by atoms with van der Waals surface area (Å²) in [5.74, 6) is -0.136. The second-order valence-electron chi connectivity index (χ2n) is 5.52. The number of amides is 1. The molecule has 7 nitrogen and oxygen atoms in total. The fraction of sp³-hybridized carbons (Fsp3) is 0.333. The lowest BCUT2D eigenvalue weighted by Crippen LogP contribution is -2.44. The minimum Gasteiger partial charge on any atom is -0.348 e. The van der Waals surface area contributed by atoms with Crippen molar-refractivity contribution in [2.75, 3.05) is 18.0 Å². The molecule has 118 valence electrons. The quantitative estimate of drug-likeness (QED) is 0.766. The molecule has 2 N–H and O–H groups in total. The number of anilines is 1. The minimum absolute atomic E-state index is 0.136. The molecule has 1 aliphatic heterocycles. The van der Waals surface area contributed by atoms with Gasteiger partial charge in [0, 0.05) is 30.7 Å². The molecule has 0 aromatic carbocycles. The molecule has 1 fully saturated rings. The molecule has 4 rings (SSSR count). The van der Waals surface area contributed by atoms with Gasteiger partial charge >= 0.3 is 0 Å². The van der Waals surface area contributed by atoms with Gasteiger partial charge in [-0.25, -0.2) is 15.0 Å². The largest absolute Gasteiger partial charge is 0.348 e. The van der Waals surface area contributed by atoms with Crippen molar-refractivity contribution in [3.05, 3.63) is 35.7 Å². The molecule has 1 amide bonds. The van der Waals surface area contributed by atoms with Crippen molar-refractivity contribution in [3.8, 4) is 0 Å². The average Bonchev–Trinajstić information content (AvgIpc) is 3.26. The number of H-pyrrole nitrogens is 1. The topological polar surface area (TPSA) is 86.8 Å². The second kappa shape index (κ2) is 5.96. The van der Waals surface area contributed by atoms with Gasteiger partial charge in [0.1, 0.15) is 5.69 Å². The summed E-state index contributed by atoms with van der Waals surface area (Å²) in [6, 6.07) is 3.73. The maximum absolute atomic E-state index is 12.4. The highest BCUT2D eigenvalue weighted by Gasteiger charge is 2.22. The van der Waals surface area contributed by atoms with E-state index in [2.05, 4.69) is 30.2 Å². The number of piperidine rings is 1. The van der Waals surface area contributed by atoms with E-state index in [1.54, 1.807) is 23.7 Å². The minimum atomic E-state index is -0.136. The Balaban J connectivity index is 1.37. The third-order valence-corrected chi connectivity index (χ3v) is 4.87. The molecule has 4 heterocycles. The zero-order valence-electron chi connectivity index (χ0n) is 12.4. The zero-order valence-corrected chi connectivity index (χ0v) is 13.2. The normalized spacial score (nSPS) is 15.9. The van der Waals surface area contributed by atoms with Crippen LogP contribution in [0.5, 0.6) is 0 Å². The first kappa shape index (κ1) is 14.1. The number of fused-ring (bicyclic) bond motifs is 1. The Morgan fingerprint density at radius 1 is 1.30 bits per heavy atom. The monoisotopic (exact) mass is 328 g/mol. The van der Waals surface area contributed by atoms with Crippen LogP contribution in [0.2, 0.25) is 0 Å². The first-order valence-corrected chi connectivity index (χ1v) is 8.43. The van der Waals surface area contributed by atoms with Crippen LogP contribution in [0.25, 0.3) is 11.2 Å². The molecule has 0 spiro atoms. The number of hydrogen-bond donors (Lipinski definition) is 2. The van der Waals surface area contributed by atoms with Crippen LogP contribution in [-0.4, -0.2) is 45.0 Å². The summed E-state index contributed by atoms with van der Waals surface area (Å²) in [6.45, 7) is 1.81. The van der Waals surface area contributed by atoms with Crippen LogP contribution in [0, 0.1) is 0 Å². The average molecular weight is 328 g/mol. The molecule has 1 saturated heterocycles. The molecule has 0 radical (unpaired) electrons. The van der Waals surface area contributed by atoms with Gasteiger partial charge < -0.3 is 15.2 Å². The molecule has 0 saturated carbocycles. The number of nitrogens with one attached hydrogen (secondary N) is 2. The number of hydrogen-bond acceptors (Lipinski definition) is 6. The Labute approximate surface area is 136 Å². The predicted octanol–water partition coefficient (Wildman–Crippen LogP) is 1.81. The molecule has 0 atom stereocenters. The van der Waals surface area contributed by atoms with Gasteiger partial charge in [0.05, 0.1) is 11.8 Å². The lowest BCUT2D eigenvalue weighted by molar-refractivity contribution is 0.0926. The van der Waals surface area contributed by atoms with Gasteiger partial charge in [0.25, 0.3) is 5.91 Å². The van der Waals surface area contributed by atoms with Crippen LogP contribution in [-0.2, 0) is 0 Å². The Morgan fingerprint density at radius 2 is 2.17 bits per heavy atom. The summed E-state index contributed by atoms with van der Waals surface area (Å²) < 4.78 is 0. The smallest absolute Gasteiger partial charge is 0.270 e. The third kappa shape index (κ3) is 2.89. The van der Waals surface area contributed by atoms with E-state index in [4.69, 9.17) is 0 Å². The molecule has 0 bridgehead atoms. The van der Waals surface area contributed by atoms with Crippen LogP contribution >= 0.6 is 11.3 Å². The van der Waals surface area contributed by atoms with Crippen LogP contribution in [0.1, 0.15) is 23.3 Å². The van der Waals surface area contributed by atoms with Crippen molar-refractivity contribution < 1.29 is 4.79 Å². The second-order valence-corrected chi connectivity index (χ2v) is 6.39. The number of rotatable bonds is 3. The number of aromatic nitrogens is 4. The standard InChI is InChI=1S/C15H16N6OS/c22-14(12-2-1-11-13(20-12)18-9-17-11)19-10-3-6-21(7-4-10)15-16-5-8-23-15/h1-2,5,8-10H,3-4,6-7H2,(H,19,22)(H,17,18,20). The fourth-order valence-corrected chi connectivity index (χ4v) is 3.49. The summed E-state index contributed by atoms with van der Waals surface area (Å²) in [7, 11) is 0. The van der Waals surface area contributed by atoms with Gasteiger partial charge in [-0.2, -0.15) is 0 Å².